The van der Waals surface area contributed by atoms with Crippen molar-refractivity contribution in [2.45, 2.75) is 26.3 Å². The molecule has 0 radical (unpaired) electrons. The van der Waals surface area contributed by atoms with Gasteiger partial charge in [0.25, 0.3) is 0 Å². The first-order valence-electron chi connectivity index (χ1n) is 7.10. The summed E-state index contributed by atoms with van der Waals surface area (Å²) in [5.74, 6) is -0.187. The Morgan fingerprint density at radius 3 is 2.95 bits per heavy atom. The van der Waals surface area contributed by atoms with Gasteiger partial charge in [-0.15, -0.1) is 0 Å². The standard InChI is InChI=1S/C17H18N2O2/c1-12-9-16(20)17(21)11-19(12)8-4-5-13-10-18-15-7-3-2-6-14(13)15/h2-3,6-7,9-11,18,21H,4-5,8H2,1H3. The van der Waals surface area contributed by atoms with Crippen LogP contribution in [0.2, 0.25) is 0 Å². The topological polar surface area (TPSA) is 58.0 Å². The van der Waals surface area contributed by atoms with Gasteiger partial charge in [-0.05, 0) is 31.4 Å². The van der Waals surface area contributed by atoms with Crippen molar-refractivity contribution >= 4 is 10.9 Å². The Bertz CT molecular complexity index is 830. The third-order valence-corrected chi connectivity index (χ3v) is 3.84. The number of hydrogen-bond acceptors (Lipinski definition) is 2. The highest BCUT2D eigenvalue weighted by molar-refractivity contribution is 5.82. The monoisotopic (exact) mass is 282 g/mol. The Balaban J connectivity index is 1.72. The first-order chi connectivity index (χ1) is 10.1. The van der Waals surface area contributed by atoms with Crippen LogP contribution in [0, 0.1) is 6.92 Å². The molecule has 0 aliphatic heterocycles. The van der Waals surface area contributed by atoms with Crippen molar-refractivity contribution in [3.8, 4) is 5.75 Å². The van der Waals surface area contributed by atoms with Crippen LogP contribution in [0.4, 0.5) is 0 Å². The number of rotatable bonds is 4. The maximum absolute atomic E-state index is 11.3. The van der Waals surface area contributed by atoms with Gasteiger partial charge < -0.3 is 14.7 Å². The van der Waals surface area contributed by atoms with E-state index >= 15 is 0 Å². The molecule has 2 aromatic heterocycles. The summed E-state index contributed by atoms with van der Waals surface area (Å²) >= 11 is 0. The van der Waals surface area contributed by atoms with Crippen LogP contribution in [0.5, 0.6) is 5.75 Å². The van der Waals surface area contributed by atoms with Crippen LogP contribution in [0.25, 0.3) is 10.9 Å². The number of H-pyrrole nitrogens is 1. The van der Waals surface area contributed by atoms with Gasteiger partial charge in [-0.25, -0.2) is 0 Å². The number of nitrogens with zero attached hydrogens (tertiary/aromatic N) is 1. The van der Waals surface area contributed by atoms with Crippen molar-refractivity contribution in [2.75, 3.05) is 0 Å². The second-order valence-electron chi connectivity index (χ2n) is 5.32. The van der Waals surface area contributed by atoms with Crippen molar-refractivity contribution in [1.29, 1.82) is 0 Å². The summed E-state index contributed by atoms with van der Waals surface area (Å²) in [5, 5.41) is 10.8. The summed E-state index contributed by atoms with van der Waals surface area (Å²) < 4.78 is 1.92. The highest BCUT2D eigenvalue weighted by atomic mass is 16.3. The van der Waals surface area contributed by atoms with E-state index in [1.165, 1.54) is 23.2 Å². The smallest absolute Gasteiger partial charge is 0.223 e. The zero-order valence-corrected chi connectivity index (χ0v) is 12.0. The fourth-order valence-electron chi connectivity index (χ4n) is 2.68. The summed E-state index contributed by atoms with van der Waals surface area (Å²) in [7, 11) is 0. The van der Waals surface area contributed by atoms with Crippen molar-refractivity contribution < 1.29 is 5.11 Å². The Morgan fingerprint density at radius 1 is 1.29 bits per heavy atom. The number of hydrogen-bond donors (Lipinski definition) is 2. The average Bonchev–Trinajstić information content (AvgIpc) is 2.88. The molecule has 1 aromatic carbocycles. The number of aromatic nitrogens is 2. The van der Waals surface area contributed by atoms with Gasteiger partial charge in [-0.3, -0.25) is 4.79 Å². The lowest BCUT2D eigenvalue weighted by Gasteiger charge is -2.10. The van der Waals surface area contributed by atoms with Crippen LogP contribution < -0.4 is 5.43 Å². The van der Waals surface area contributed by atoms with E-state index in [1.54, 1.807) is 0 Å². The zero-order valence-electron chi connectivity index (χ0n) is 12.0. The van der Waals surface area contributed by atoms with Crippen LogP contribution in [-0.2, 0) is 13.0 Å². The predicted octanol–water partition coefficient (Wildman–Crippen LogP) is 2.98. The van der Waals surface area contributed by atoms with E-state index in [0.717, 1.165) is 30.6 Å². The number of aromatic hydroxyl groups is 1. The minimum absolute atomic E-state index is 0.187. The second-order valence-corrected chi connectivity index (χ2v) is 5.32. The molecule has 0 aliphatic rings. The third kappa shape index (κ3) is 2.70. The molecule has 0 saturated heterocycles. The molecule has 0 unspecified atom stereocenters. The third-order valence-electron chi connectivity index (χ3n) is 3.84. The van der Waals surface area contributed by atoms with Crippen LogP contribution in [0.3, 0.4) is 0 Å². The number of aromatic amines is 1. The molecule has 0 aliphatic carbocycles. The molecule has 0 fully saturated rings. The summed E-state index contributed by atoms with van der Waals surface area (Å²) in [6.45, 7) is 2.66. The summed E-state index contributed by atoms with van der Waals surface area (Å²) in [6, 6.07) is 9.74. The van der Waals surface area contributed by atoms with E-state index < -0.39 is 0 Å². The molecule has 4 heteroatoms. The maximum Gasteiger partial charge on any atom is 0.223 e. The lowest BCUT2D eigenvalue weighted by Crippen LogP contribution is -2.10. The fraction of sp³-hybridized carbons (Fsp3) is 0.235. The Kier molecular flexibility index (Phi) is 3.52. The lowest BCUT2D eigenvalue weighted by atomic mass is 10.1. The molecule has 0 spiro atoms. The largest absolute Gasteiger partial charge is 0.503 e. The molecule has 3 aromatic rings. The van der Waals surface area contributed by atoms with E-state index in [1.807, 2.05) is 23.6 Å². The Hall–Kier alpha value is -2.49. The van der Waals surface area contributed by atoms with Gasteiger partial charge in [0.05, 0.1) is 0 Å². The molecule has 0 atom stereocenters. The minimum Gasteiger partial charge on any atom is -0.503 e. The second kappa shape index (κ2) is 5.48. The van der Waals surface area contributed by atoms with Crippen molar-refractivity contribution in [3.63, 3.8) is 0 Å². The van der Waals surface area contributed by atoms with E-state index in [9.17, 15) is 9.90 Å². The number of nitrogens with one attached hydrogen (secondary N) is 1. The van der Waals surface area contributed by atoms with E-state index in [2.05, 4.69) is 23.3 Å². The number of para-hydroxylation sites is 1. The molecule has 2 N–H and O–H groups in total. The van der Waals surface area contributed by atoms with Crippen molar-refractivity contribution in [2.24, 2.45) is 0 Å². The Morgan fingerprint density at radius 2 is 2.10 bits per heavy atom. The molecule has 0 bridgehead atoms. The normalized spacial score (nSPS) is 11.1. The molecular formula is C17H18N2O2. The van der Waals surface area contributed by atoms with E-state index in [0.29, 0.717) is 0 Å². The van der Waals surface area contributed by atoms with E-state index in [-0.39, 0.29) is 11.2 Å². The highest BCUT2D eigenvalue weighted by Crippen LogP contribution is 2.19. The first kappa shape index (κ1) is 13.5. The quantitative estimate of drug-likeness (QED) is 0.773. The van der Waals surface area contributed by atoms with Crippen molar-refractivity contribution in [1.82, 2.24) is 9.55 Å². The highest BCUT2D eigenvalue weighted by Gasteiger charge is 2.05. The van der Waals surface area contributed by atoms with Crippen LogP contribution in [-0.4, -0.2) is 14.7 Å². The van der Waals surface area contributed by atoms with Gasteiger partial charge in [0.15, 0.2) is 5.75 Å². The zero-order chi connectivity index (χ0) is 14.8. The predicted molar refractivity (Wildman–Crippen MR) is 83.7 cm³/mol. The maximum atomic E-state index is 11.3. The molecule has 0 saturated carbocycles. The van der Waals surface area contributed by atoms with Gasteiger partial charge in [-0.1, -0.05) is 18.2 Å². The van der Waals surface area contributed by atoms with Gasteiger partial charge in [0.2, 0.25) is 5.43 Å². The molecule has 4 nitrogen and oxygen atoms in total. The SMILES string of the molecule is Cc1cc(=O)c(O)cn1CCCc1c[nH]c2ccccc12. The molecule has 108 valence electrons. The molecule has 2 heterocycles. The fourth-order valence-corrected chi connectivity index (χ4v) is 2.68. The van der Waals surface area contributed by atoms with Crippen LogP contribution in [0.1, 0.15) is 17.7 Å². The van der Waals surface area contributed by atoms with Crippen molar-refractivity contribution in [3.05, 3.63) is 64.2 Å². The van der Waals surface area contributed by atoms with Gasteiger partial charge in [-0.2, -0.15) is 0 Å². The van der Waals surface area contributed by atoms with Crippen LogP contribution in [0.15, 0.2) is 47.5 Å². The number of aryl methyl sites for hydroxylation is 3. The first-order valence-corrected chi connectivity index (χ1v) is 7.10. The molecule has 0 amide bonds. The number of benzene rings is 1. The van der Waals surface area contributed by atoms with Gasteiger partial charge >= 0.3 is 0 Å². The number of pyridine rings is 1. The van der Waals surface area contributed by atoms with Gasteiger partial charge in [0, 0.05) is 41.6 Å². The molecular weight excluding hydrogens is 264 g/mol. The molecule has 3 rings (SSSR count). The number of fused-ring (bicyclic) bond motifs is 1. The Labute approximate surface area is 122 Å². The minimum atomic E-state index is -0.319. The van der Waals surface area contributed by atoms with Gasteiger partial charge in [0.1, 0.15) is 0 Å². The van der Waals surface area contributed by atoms with Crippen LogP contribution >= 0.6 is 0 Å². The van der Waals surface area contributed by atoms with E-state index in [4.69, 9.17) is 0 Å². The summed E-state index contributed by atoms with van der Waals surface area (Å²) in [4.78, 5) is 14.6. The lowest BCUT2D eigenvalue weighted by molar-refractivity contribution is 0.457. The molecule has 21 heavy (non-hydrogen) atoms. The average molecular weight is 282 g/mol. The summed E-state index contributed by atoms with van der Waals surface area (Å²) in [5.41, 5.74) is 3.01. The summed E-state index contributed by atoms with van der Waals surface area (Å²) in [6.07, 6.45) is 5.48.